The molecule has 6 heteroatoms. The molecule has 6 nitrogen and oxygen atoms in total. The zero-order valence-corrected chi connectivity index (χ0v) is 10.4. The predicted molar refractivity (Wildman–Crippen MR) is 67.8 cm³/mol. The number of nitrogens with one attached hydrogen (secondary N) is 1. The van der Waals surface area contributed by atoms with Gasteiger partial charge in [-0.15, -0.1) is 0 Å². The van der Waals surface area contributed by atoms with Crippen molar-refractivity contribution in [1.82, 2.24) is 19.7 Å². The van der Waals surface area contributed by atoms with E-state index in [1.54, 1.807) is 0 Å². The highest BCUT2D eigenvalue weighted by molar-refractivity contribution is 5.46. The summed E-state index contributed by atoms with van der Waals surface area (Å²) >= 11 is 0. The normalized spacial score (nSPS) is 15.0. The Morgan fingerprint density at radius 3 is 2.50 bits per heavy atom. The van der Waals surface area contributed by atoms with E-state index in [0.717, 1.165) is 29.9 Å². The molecule has 3 N–H and O–H groups in total. The Morgan fingerprint density at radius 2 is 1.94 bits per heavy atom. The van der Waals surface area contributed by atoms with E-state index in [4.69, 9.17) is 5.73 Å². The highest BCUT2D eigenvalue weighted by Crippen LogP contribution is 2.40. The van der Waals surface area contributed by atoms with E-state index >= 15 is 0 Å². The van der Waals surface area contributed by atoms with E-state index in [9.17, 15) is 4.79 Å². The number of aromatic amines is 1. The van der Waals surface area contributed by atoms with E-state index in [0.29, 0.717) is 17.6 Å². The molecule has 1 fully saturated rings. The van der Waals surface area contributed by atoms with Crippen LogP contribution in [0, 0.1) is 13.8 Å². The van der Waals surface area contributed by atoms with Crippen LogP contribution in [-0.2, 0) is 0 Å². The summed E-state index contributed by atoms with van der Waals surface area (Å²) in [4.78, 5) is 20.6. The van der Waals surface area contributed by atoms with E-state index in [-0.39, 0.29) is 5.56 Å². The molecule has 0 bridgehead atoms. The molecule has 0 aliphatic heterocycles. The minimum absolute atomic E-state index is 0.262. The Morgan fingerprint density at radius 1 is 1.33 bits per heavy atom. The minimum atomic E-state index is -0.262. The summed E-state index contributed by atoms with van der Waals surface area (Å²) in [6.07, 6.45) is 2.16. The summed E-state index contributed by atoms with van der Waals surface area (Å²) in [5, 5.41) is 3.04. The lowest BCUT2D eigenvalue weighted by Gasteiger charge is -2.02. The lowest BCUT2D eigenvalue weighted by Crippen LogP contribution is -2.19. The first kappa shape index (κ1) is 11.0. The van der Waals surface area contributed by atoms with Gasteiger partial charge in [0, 0.05) is 17.3 Å². The van der Waals surface area contributed by atoms with Gasteiger partial charge in [0.15, 0.2) is 0 Å². The predicted octanol–water partition coefficient (Wildman–Crippen LogP) is 1.03. The second-order valence-corrected chi connectivity index (χ2v) is 4.80. The van der Waals surface area contributed by atoms with Gasteiger partial charge in [-0.2, -0.15) is 4.68 Å². The van der Waals surface area contributed by atoms with Crippen LogP contribution in [0.2, 0.25) is 0 Å². The first-order chi connectivity index (χ1) is 8.56. The molecule has 0 spiro atoms. The second-order valence-electron chi connectivity index (χ2n) is 4.80. The highest BCUT2D eigenvalue weighted by atomic mass is 16.1. The molecule has 2 heterocycles. The Hall–Kier alpha value is -2.11. The van der Waals surface area contributed by atoms with E-state index in [2.05, 4.69) is 15.1 Å². The number of nitrogens with zero attached hydrogens (tertiary/aromatic N) is 3. The number of nitrogens with two attached hydrogens (primary N) is 1. The van der Waals surface area contributed by atoms with Gasteiger partial charge in [0.1, 0.15) is 5.69 Å². The van der Waals surface area contributed by atoms with Crippen molar-refractivity contribution in [1.29, 1.82) is 0 Å². The Balaban J connectivity index is 2.16. The van der Waals surface area contributed by atoms with Crippen molar-refractivity contribution in [2.24, 2.45) is 0 Å². The Labute approximate surface area is 104 Å². The van der Waals surface area contributed by atoms with Gasteiger partial charge in [-0.1, -0.05) is 0 Å². The largest absolute Gasteiger partial charge is 0.393 e. The van der Waals surface area contributed by atoms with Crippen molar-refractivity contribution in [2.75, 3.05) is 5.73 Å². The second kappa shape index (κ2) is 3.69. The van der Waals surface area contributed by atoms with Crippen LogP contribution < -0.4 is 11.3 Å². The third-order valence-corrected chi connectivity index (χ3v) is 3.11. The smallest absolute Gasteiger partial charge is 0.297 e. The first-order valence-corrected chi connectivity index (χ1v) is 5.99. The van der Waals surface area contributed by atoms with Gasteiger partial charge < -0.3 is 5.73 Å². The van der Waals surface area contributed by atoms with E-state index in [1.165, 1.54) is 4.68 Å². The molecule has 1 saturated carbocycles. The van der Waals surface area contributed by atoms with E-state index < -0.39 is 0 Å². The third kappa shape index (κ3) is 1.70. The molecule has 0 atom stereocenters. The number of rotatable bonds is 2. The number of aromatic nitrogens is 4. The maximum Gasteiger partial charge on any atom is 0.297 e. The number of hydrogen-bond donors (Lipinski definition) is 2. The van der Waals surface area contributed by atoms with Crippen LogP contribution in [0.1, 0.15) is 35.8 Å². The fourth-order valence-electron chi connectivity index (χ4n) is 2.10. The molecular formula is C12H15N5O. The van der Waals surface area contributed by atoms with Gasteiger partial charge in [0.2, 0.25) is 0 Å². The molecule has 3 rings (SSSR count). The molecular weight excluding hydrogens is 230 g/mol. The molecule has 0 unspecified atom stereocenters. The van der Waals surface area contributed by atoms with Crippen molar-refractivity contribution < 1.29 is 0 Å². The summed E-state index contributed by atoms with van der Waals surface area (Å²) < 4.78 is 1.34. The summed E-state index contributed by atoms with van der Waals surface area (Å²) in [5.41, 5.74) is 8.34. The highest BCUT2D eigenvalue weighted by Gasteiger charge is 2.29. The summed E-state index contributed by atoms with van der Waals surface area (Å²) in [5.74, 6) is 0.751. The van der Waals surface area contributed by atoms with Crippen LogP contribution in [0.4, 0.5) is 5.69 Å². The molecule has 2 aromatic heterocycles. The van der Waals surface area contributed by atoms with Gasteiger partial charge in [0.25, 0.3) is 11.5 Å². The van der Waals surface area contributed by atoms with Crippen LogP contribution >= 0.6 is 0 Å². The van der Waals surface area contributed by atoms with E-state index in [1.807, 2.05) is 19.9 Å². The fourth-order valence-corrected chi connectivity index (χ4v) is 2.10. The molecule has 1 aliphatic carbocycles. The number of anilines is 1. The third-order valence-electron chi connectivity index (χ3n) is 3.11. The van der Waals surface area contributed by atoms with Gasteiger partial charge >= 0.3 is 0 Å². The molecule has 94 valence electrons. The topological polar surface area (TPSA) is 89.6 Å². The van der Waals surface area contributed by atoms with Crippen molar-refractivity contribution in [3.8, 4) is 5.95 Å². The zero-order chi connectivity index (χ0) is 12.9. The molecule has 0 radical (unpaired) electrons. The summed E-state index contributed by atoms with van der Waals surface area (Å²) in [6, 6.07) is 1.86. The minimum Gasteiger partial charge on any atom is -0.393 e. The SMILES string of the molecule is Cc1cc(C)nc(-n2[nH]c(C3CC3)c(N)c2=O)n1. The Bertz CT molecular complexity index is 645. The lowest BCUT2D eigenvalue weighted by atomic mass is 10.3. The van der Waals surface area contributed by atoms with Crippen molar-refractivity contribution in [2.45, 2.75) is 32.6 Å². The van der Waals surface area contributed by atoms with Crippen LogP contribution in [0.5, 0.6) is 0 Å². The average molecular weight is 245 g/mol. The summed E-state index contributed by atoms with van der Waals surface area (Å²) in [7, 11) is 0. The Kier molecular flexibility index (Phi) is 2.26. The van der Waals surface area contributed by atoms with Crippen molar-refractivity contribution in [3.05, 3.63) is 33.5 Å². The van der Waals surface area contributed by atoms with Gasteiger partial charge in [0.05, 0.1) is 5.69 Å². The van der Waals surface area contributed by atoms with Gasteiger partial charge in [-0.25, -0.2) is 9.97 Å². The van der Waals surface area contributed by atoms with Crippen LogP contribution in [0.25, 0.3) is 5.95 Å². The molecule has 1 aliphatic rings. The maximum atomic E-state index is 12.1. The molecule has 0 saturated heterocycles. The van der Waals surface area contributed by atoms with Crippen molar-refractivity contribution in [3.63, 3.8) is 0 Å². The lowest BCUT2D eigenvalue weighted by molar-refractivity contribution is 0.753. The fraction of sp³-hybridized carbons (Fsp3) is 0.417. The monoisotopic (exact) mass is 245 g/mol. The molecule has 0 amide bonds. The number of H-pyrrole nitrogens is 1. The first-order valence-electron chi connectivity index (χ1n) is 5.99. The maximum absolute atomic E-state index is 12.1. The quantitative estimate of drug-likeness (QED) is 0.827. The number of aryl methyl sites for hydroxylation is 2. The zero-order valence-electron chi connectivity index (χ0n) is 10.4. The van der Waals surface area contributed by atoms with Gasteiger partial charge in [-0.05, 0) is 32.8 Å². The average Bonchev–Trinajstić information content (AvgIpc) is 3.07. The van der Waals surface area contributed by atoms with Crippen LogP contribution in [0.3, 0.4) is 0 Å². The summed E-state index contributed by atoms with van der Waals surface area (Å²) in [6.45, 7) is 3.74. The molecule has 18 heavy (non-hydrogen) atoms. The molecule has 2 aromatic rings. The standard InChI is InChI=1S/C12H15N5O/c1-6-5-7(2)15-12(14-6)17-11(18)9(13)10(16-17)8-3-4-8/h5,8,16H,3-4,13H2,1-2H3. The van der Waals surface area contributed by atoms with Gasteiger partial charge in [-0.3, -0.25) is 9.89 Å². The number of hydrogen-bond acceptors (Lipinski definition) is 4. The van der Waals surface area contributed by atoms with Crippen molar-refractivity contribution >= 4 is 5.69 Å². The van der Waals surface area contributed by atoms with Crippen LogP contribution in [0.15, 0.2) is 10.9 Å². The molecule has 0 aromatic carbocycles. The van der Waals surface area contributed by atoms with Crippen LogP contribution in [-0.4, -0.2) is 19.7 Å². The number of nitrogen functional groups attached to an aromatic ring is 1.